The minimum atomic E-state index is 1.00. The predicted molar refractivity (Wildman–Crippen MR) is 72.0 cm³/mol. The first-order chi connectivity index (χ1) is 7.83. The van der Waals surface area contributed by atoms with E-state index in [1.54, 1.807) is 0 Å². The average molecular weight is 222 g/mol. The van der Waals surface area contributed by atoms with Crippen molar-refractivity contribution >= 4 is 0 Å². The molecule has 1 aromatic carbocycles. The third kappa shape index (κ3) is 7.47. The van der Waals surface area contributed by atoms with E-state index in [1.807, 2.05) is 13.8 Å². The SMILES string of the molecule is C1CCOC1.CC.CCc1cccc(C)c1. The number of benzene rings is 1. The maximum atomic E-state index is 4.94. The fourth-order valence-electron chi connectivity index (χ4n) is 1.44. The van der Waals surface area contributed by atoms with Crippen molar-refractivity contribution in [2.45, 2.75) is 47.0 Å². The molecule has 0 spiro atoms. The first kappa shape index (κ1) is 15.2. The lowest BCUT2D eigenvalue weighted by atomic mass is 10.1. The van der Waals surface area contributed by atoms with Gasteiger partial charge in [0.15, 0.2) is 0 Å². The van der Waals surface area contributed by atoms with Crippen LogP contribution in [0.3, 0.4) is 0 Å². The molecule has 0 bridgehead atoms. The standard InChI is InChI=1S/C9H12.C4H8O.C2H6/c1-3-9-6-4-5-8(2)7-9;1-2-4-5-3-1;1-2/h4-7H,3H2,1-2H3;1-4H2;1-2H3. The molecule has 92 valence electrons. The zero-order valence-electron chi connectivity index (χ0n) is 11.3. The molecule has 1 heteroatoms. The Morgan fingerprint density at radius 1 is 1.12 bits per heavy atom. The lowest BCUT2D eigenvalue weighted by Gasteiger charge is -1.95. The first-order valence-corrected chi connectivity index (χ1v) is 6.46. The van der Waals surface area contributed by atoms with Gasteiger partial charge in [0.1, 0.15) is 0 Å². The smallest absolute Gasteiger partial charge is 0.0466 e. The second-order valence-corrected chi connectivity index (χ2v) is 3.66. The van der Waals surface area contributed by atoms with Gasteiger partial charge < -0.3 is 4.74 Å². The summed E-state index contributed by atoms with van der Waals surface area (Å²) < 4.78 is 4.94. The minimum absolute atomic E-state index is 1.00. The molecular formula is C15H26O. The summed E-state index contributed by atoms with van der Waals surface area (Å²) in [6.45, 7) is 10.3. The van der Waals surface area contributed by atoms with Crippen LogP contribution in [0.15, 0.2) is 24.3 Å². The fraction of sp³-hybridized carbons (Fsp3) is 0.600. The van der Waals surface area contributed by atoms with Gasteiger partial charge in [0.05, 0.1) is 0 Å². The summed E-state index contributed by atoms with van der Waals surface area (Å²) in [5, 5.41) is 0. The molecule has 1 fully saturated rings. The van der Waals surface area contributed by atoms with E-state index >= 15 is 0 Å². The summed E-state index contributed by atoms with van der Waals surface area (Å²) in [5.41, 5.74) is 2.78. The van der Waals surface area contributed by atoms with Gasteiger partial charge in [-0.1, -0.05) is 50.6 Å². The van der Waals surface area contributed by atoms with Crippen molar-refractivity contribution in [1.82, 2.24) is 0 Å². The van der Waals surface area contributed by atoms with Crippen LogP contribution in [0, 0.1) is 6.92 Å². The van der Waals surface area contributed by atoms with Crippen molar-refractivity contribution in [3.63, 3.8) is 0 Å². The molecular weight excluding hydrogens is 196 g/mol. The van der Waals surface area contributed by atoms with Crippen LogP contribution < -0.4 is 0 Å². The predicted octanol–water partition coefficient (Wildman–Crippen LogP) is 4.38. The van der Waals surface area contributed by atoms with Gasteiger partial charge in [0, 0.05) is 13.2 Å². The van der Waals surface area contributed by atoms with Crippen LogP contribution in [0.4, 0.5) is 0 Å². The molecule has 2 rings (SSSR count). The van der Waals surface area contributed by atoms with Gasteiger partial charge in [0.25, 0.3) is 0 Å². The van der Waals surface area contributed by atoms with Gasteiger partial charge in [-0.25, -0.2) is 0 Å². The van der Waals surface area contributed by atoms with Crippen molar-refractivity contribution in [1.29, 1.82) is 0 Å². The Kier molecular flexibility index (Phi) is 10.1. The largest absolute Gasteiger partial charge is 0.381 e. The summed E-state index contributed by atoms with van der Waals surface area (Å²) in [6.07, 6.45) is 3.70. The van der Waals surface area contributed by atoms with Crippen LogP contribution >= 0.6 is 0 Å². The highest BCUT2D eigenvalue weighted by Crippen LogP contribution is 2.03. The monoisotopic (exact) mass is 222 g/mol. The van der Waals surface area contributed by atoms with Gasteiger partial charge in [-0.05, 0) is 31.7 Å². The first-order valence-electron chi connectivity index (χ1n) is 6.46. The maximum absolute atomic E-state index is 4.94. The van der Waals surface area contributed by atoms with E-state index < -0.39 is 0 Å². The molecule has 0 aromatic heterocycles. The molecule has 1 aliphatic heterocycles. The summed E-state index contributed by atoms with van der Waals surface area (Å²) in [6, 6.07) is 8.61. The molecule has 1 nitrogen and oxygen atoms in total. The molecule has 1 heterocycles. The van der Waals surface area contributed by atoms with Gasteiger partial charge >= 0.3 is 0 Å². The third-order valence-corrected chi connectivity index (χ3v) is 2.32. The zero-order chi connectivity index (χ0) is 12.2. The molecule has 0 unspecified atom stereocenters. The van der Waals surface area contributed by atoms with Crippen molar-refractivity contribution in [3.05, 3.63) is 35.4 Å². The van der Waals surface area contributed by atoms with Gasteiger partial charge in [-0.15, -0.1) is 0 Å². The van der Waals surface area contributed by atoms with E-state index in [-0.39, 0.29) is 0 Å². The quantitative estimate of drug-likeness (QED) is 0.685. The Morgan fingerprint density at radius 3 is 2.06 bits per heavy atom. The number of ether oxygens (including phenoxy) is 1. The Hall–Kier alpha value is -0.820. The summed E-state index contributed by atoms with van der Waals surface area (Å²) in [4.78, 5) is 0. The molecule has 1 aromatic rings. The number of aryl methyl sites for hydroxylation is 2. The van der Waals surface area contributed by atoms with Crippen LogP contribution in [0.1, 0.15) is 44.7 Å². The molecule has 1 aliphatic rings. The molecule has 0 radical (unpaired) electrons. The second-order valence-electron chi connectivity index (χ2n) is 3.66. The summed E-state index contributed by atoms with van der Waals surface area (Å²) >= 11 is 0. The van der Waals surface area contributed by atoms with Crippen molar-refractivity contribution in [2.75, 3.05) is 13.2 Å². The number of hydrogen-bond donors (Lipinski definition) is 0. The average Bonchev–Trinajstić information content (AvgIpc) is 2.90. The number of hydrogen-bond acceptors (Lipinski definition) is 1. The van der Waals surface area contributed by atoms with Gasteiger partial charge in [-0.2, -0.15) is 0 Å². The normalized spacial score (nSPS) is 13.2. The van der Waals surface area contributed by atoms with E-state index in [0.717, 1.165) is 19.6 Å². The lowest BCUT2D eigenvalue weighted by Crippen LogP contribution is -1.78. The Morgan fingerprint density at radius 2 is 1.75 bits per heavy atom. The summed E-state index contributed by atoms with van der Waals surface area (Å²) in [7, 11) is 0. The van der Waals surface area contributed by atoms with E-state index in [0.29, 0.717) is 0 Å². The van der Waals surface area contributed by atoms with Crippen molar-refractivity contribution in [3.8, 4) is 0 Å². The van der Waals surface area contributed by atoms with Crippen LogP contribution in [-0.4, -0.2) is 13.2 Å². The topological polar surface area (TPSA) is 9.23 Å². The van der Waals surface area contributed by atoms with E-state index in [2.05, 4.69) is 38.1 Å². The Labute approximate surface area is 101 Å². The molecule has 0 aliphatic carbocycles. The molecule has 0 N–H and O–H groups in total. The van der Waals surface area contributed by atoms with Gasteiger partial charge in [0.2, 0.25) is 0 Å². The zero-order valence-corrected chi connectivity index (χ0v) is 11.3. The minimum Gasteiger partial charge on any atom is -0.381 e. The van der Waals surface area contributed by atoms with Crippen molar-refractivity contribution < 1.29 is 4.74 Å². The van der Waals surface area contributed by atoms with Crippen LogP contribution in [0.25, 0.3) is 0 Å². The van der Waals surface area contributed by atoms with E-state index in [1.165, 1.54) is 24.0 Å². The second kappa shape index (κ2) is 10.7. The summed E-state index contributed by atoms with van der Waals surface area (Å²) in [5.74, 6) is 0. The highest BCUT2D eigenvalue weighted by atomic mass is 16.5. The molecule has 1 saturated heterocycles. The molecule has 0 saturated carbocycles. The van der Waals surface area contributed by atoms with E-state index in [9.17, 15) is 0 Å². The fourth-order valence-corrected chi connectivity index (χ4v) is 1.44. The maximum Gasteiger partial charge on any atom is 0.0466 e. The Balaban J connectivity index is 0.000000272. The highest BCUT2D eigenvalue weighted by molar-refractivity contribution is 5.21. The number of rotatable bonds is 1. The van der Waals surface area contributed by atoms with Crippen molar-refractivity contribution in [2.24, 2.45) is 0 Å². The Bertz CT molecular complexity index is 244. The van der Waals surface area contributed by atoms with Crippen LogP contribution in [0.5, 0.6) is 0 Å². The third-order valence-electron chi connectivity index (χ3n) is 2.32. The highest BCUT2D eigenvalue weighted by Gasteiger charge is 1.94. The van der Waals surface area contributed by atoms with Gasteiger partial charge in [-0.3, -0.25) is 0 Å². The molecule has 16 heavy (non-hydrogen) atoms. The van der Waals surface area contributed by atoms with Crippen LogP contribution in [-0.2, 0) is 11.2 Å². The molecule has 0 amide bonds. The molecule has 0 atom stereocenters. The lowest BCUT2D eigenvalue weighted by molar-refractivity contribution is 0.198. The van der Waals surface area contributed by atoms with E-state index in [4.69, 9.17) is 4.74 Å². The van der Waals surface area contributed by atoms with Crippen LogP contribution in [0.2, 0.25) is 0 Å².